The highest BCUT2D eigenvalue weighted by molar-refractivity contribution is 6.02. The Kier molecular flexibility index (Phi) is 6.32. The number of anilines is 2. The van der Waals surface area contributed by atoms with Crippen molar-refractivity contribution in [1.82, 2.24) is 4.57 Å². The number of aromatic nitrogens is 1. The molecule has 0 radical (unpaired) electrons. The largest absolute Gasteiger partial charge is 0.491 e. The molecular formula is C23H29N3O3. The van der Waals surface area contributed by atoms with Gasteiger partial charge in [0.2, 0.25) is 0 Å². The van der Waals surface area contributed by atoms with Crippen LogP contribution >= 0.6 is 0 Å². The molecule has 1 aromatic heterocycles. The van der Waals surface area contributed by atoms with Gasteiger partial charge >= 0.3 is 6.09 Å². The molecule has 3 N–H and O–H groups in total. The Morgan fingerprint density at radius 2 is 1.97 bits per heavy atom. The van der Waals surface area contributed by atoms with Gasteiger partial charge in [0.25, 0.3) is 0 Å². The van der Waals surface area contributed by atoms with E-state index >= 15 is 0 Å². The fourth-order valence-corrected chi connectivity index (χ4v) is 3.43. The predicted octanol–water partition coefficient (Wildman–Crippen LogP) is 5.66. The zero-order valence-corrected chi connectivity index (χ0v) is 17.5. The van der Waals surface area contributed by atoms with Crippen LogP contribution in [0.5, 0.6) is 5.75 Å². The minimum Gasteiger partial charge on any atom is -0.491 e. The number of carbonyl (C=O) groups is 1. The first-order valence-corrected chi connectivity index (χ1v) is 10.1. The lowest BCUT2D eigenvalue weighted by Gasteiger charge is -2.12. The summed E-state index contributed by atoms with van der Waals surface area (Å²) in [5, 5.41) is 3.76. The highest BCUT2D eigenvalue weighted by Gasteiger charge is 2.17. The minimum atomic E-state index is -0.455. The lowest BCUT2D eigenvalue weighted by Crippen LogP contribution is -2.14. The molecular weight excluding hydrogens is 366 g/mol. The number of hydrogen-bond donors (Lipinski definition) is 2. The molecule has 0 unspecified atom stereocenters. The van der Waals surface area contributed by atoms with Crippen LogP contribution in [0.4, 0.5) is 16.2 Å². The fraction of sp³-hybridized carbons (Fsp3) is 0.348. The van der Waals surface area contributed by atoms with Crippen molar-refractivity contribution in [3.05, 3.63) is 42.5 Å². The molecule has 0 saturated heterocycles. The maximum Gasteiger partial charge on any atom is 0.411 e. The number of nitrogens with zero attached hydrogens (tertiary/aromatic N) is 1. The van der Waals surface area contributed by atoms with Gasteiger partial charge in [-0.25, -0.2) is 4.79 Å². The Morgan fingerprint density at radius 3 is 2.66 bits per heavy atom. The summed E-state index contributed by atoms with van der Waals surface area (Å²) in [5.41, 5.74) is 10.8. The maximum absolute atomic E-state index is 11.9. The SMILES string of the molecule is CCCOC(=O)Nc1cccc(-c2c(N)c3ccc(OC(C)C)cc3n2CC)c1. The zero-order chi connectivity index (χ0) is 21.0. The van der Waals surface area contributed by atoms with Gasteiger partial charge in [0.15, 0.2) is 0 Å². The first-order valence-electron chi connectivity index (χ1n) is 10.1. The van der Waals surface area contributed by atoms with E-state index in [0.29, 0.717) is 18.0 Å². The number of benzene rings is 2. The van der Waals surface area contributed by atoms with Crippen molar-refractivity contribution < 1.29 is 14.3 Å². The zero-order valence-electron chi connectivity index (χ0n) is 17.5. The molecule has 0 spiro atoms. The lowest BCUT2D eigenvalue weighted by atomic mass is 10.1. The predicted molar refractivity (Wildman–Crippen MR) is 118 cm³/mol. The first kappa shape index (κ1) is 20.6. The van der Waals surface area contributed by atoms with Crippen molar-refractivity contribution in [3.8, 4) is 17.0 Å². The van der Waals surface area contributed by atoms with Crippen molar-refractivity contribution in [2.45, 2.75) is 46.8 Å². The number of nitrogens with two attached hydrogens (primary N) is 1. The topological polar surface area (TPSA) is 78.5 Å². The first-order chi connectivity index (χ1) is 13.9. The van der Waals surface area contributed by atoms with Gasteiger partial charge in [-0.15, -0.1) is 0 Å². The van der Waals surface area contributed by atoms with Crippen LogP contribution in [0.25, 0.3) is 22.2 Å². The molecule has 0 fully saturated rings. The van der Waals surface area contributed by atoms with Crippen molar-refractivity contribution in [1.29, 1.82) is 0 Å². The summed E-state index contributed by atoms with van der Waals surface area (Å²) >= 11 is 0. The van der Waals surface area contributed by atoms with E-state index in [1.165, 1.54) is 0 Å². The number of amides is 1. The van der Waals surface area contributed by atoms with Crippen molar-refractivity contribution in [2.75, 3.05) is 17.7 Å². The Bertz CT molecular complexity index is 1010. The van der Waals surface area contributed by atoms with E-state index in [4.69, 9.17) is 15.2 Å². The van der Waals surface area contributed by atoms with Gasteiger partial charge < -0.3 is 19.8 Å². The summed E-state index contributed by atoms with van der Waals surface area (Å²) in [4.78, 5) is 11.9. The van der Waals surface area contributed by atoms with Crippen LogP contribution < -0.4 is 15.8 Å². The average molecular weight is 396 g/mol. The Hall–Kier alpha value is -3.15. The van der Waals surface area contributed by atoms with Gasteiger partial charge in [-0.1, -0.05) is 19.1 Å². The van der Waals surface area contributed by atoms with Gasteiger partial charge in [0.1, 0.15) is 5.75 Å². The molecule has 0 saturated carbocycles. The highest BCUT2D eigenvalue weighted by Crippen LogP contribution is 2.38. The molecule has 2 aromatic carbocycles. The third-order valence-corrected chi connectivity index (χ3v) is 4.58. The van der Waals surface area contributed by atoms with E-state index in [-0.39, 0.29) is 6.10 Å². The van der Waals surface area contributed by atoms with Gasteiger partial charge in [-0.2, -0.15) is 0 Å². The summed E-state index contributed by atoms with van der Waals surface area (Å²) in [5.74, 6) is 0.820. The number of rotatable bonds is 7. The van der Waals surface area contributed by atoms with Gasteiger partial charge in [0.05, 0.1) is 29.6 Å². The molecule has 6 heteroatoms. The van der Waals surface area contributed by atoms with E-state index in [1.807, 2.05) is 63.2 Å². The third-order valence-electron chi connectivity index (χ3n) is 4.58. The molecule has 0 aliphatic carbocycles. The minimum absolute atomic E-state index is 0.101. The van der Waals surface area contributed by atoms with Crippen LogP contribution in [-0.4, -0.2) is 23.4 Å². The van der Waals surface area contributed by atoms with E-state index in [1.54, 1.807) is 0 Å². The van der Waals surface area contributed by atoms with E-state index in [0.717, 1.165) is 40.9 Å². The summed E-state index contributed by atoms with van der Waals surface area (Å²) < 4.78 is 13.1. The molecule has 0 bridgehead atoms. The Balaban J connectivity index is 2.02. The molecule has 0 atom stereocenters. The quantitative estimate of drug-likeness (QED) is 0.541. The Morgan fingerprint density at radius 1 is 1.17 bits per heavy atom. The van der Waals surface area contributed by atoms with Crippen molar-refractivity contribution in [3.63, 3.8) is 0 Å². The maximum atomic E-state index is 11.9. The van der Waals surface area contributed by atoms with E-state index in [9.17, 15) is 4.79 Å². The molecule has 0 aliphatic rings. The molecule has 3 rings (SSSR count). The number of hydrogen-bond acceptors (Lipinski definition) is 4. The number of aryl methyl sites for hydroxylation is 1. The van der Waals surface area contributed by atoms with E-state index < -0.39 is 6.09 Å². The van der Waals surface area contributed by atoms with E-state index in [2.05, 4.69) is 16.8 Å². The monoisotopic (exact) mass is 395 g/mol. The third kappa shape index (κ3) is 4.47. The van der Waals surface area contributed by atoms with Gasteiger partial charge in [-0.3, -0.25) is 5.32 Å². The van der Waals surface area contributed by atoms with Crippen LogP contribution in [0.15, 0.2) is 42.5 Å². The molecule has 154 valence electrons. The van der Waals surface area contributed by atoms with Crippen LogP contribution in [0.1, 0.15) is 34.1 Å². The average Bonchev–Trinajstić information content (AvgIpc) is 2.97. The van der Waals surface area contributed by atoms with Crippen LogP contribution in [0.2, 0.25) is 0 Å². The van der Waals surface area contributed by atoms with Crippen molar-refractivity contribution >= 4 is 28.4 Å². The van der Waals surface area contributed by atoms with Gasteiger partial charge in [0, 0.05) is 29.2 Å². The van der Waals surface area contributed by atoms with Crippen LogP contribution in [0.3, 0.4) is 0 Å². The molecule has 1 amide bonds. The lowest BCUT2D eigenvalue weighted by molar-refractivity contribution is 0.161. The standard InChI is InChI=1S/C23H29N3O3/c1-5-12-28-23(27)25-17-9-7-8-16(13-17)22-21(24)19-11-10-18(29-15(3)4)14-20(19)26(22)6-2/h7-11,13-15H,5-6,12,24H2,1-4H3,(H,25,27). The number of nitrogens with one attached hydrogen (secondary N) is 1. The summed E-state index contributed by atoms with van der Waals surface area (Å²) in [6.07, 6.45) is 0.427. The summed E-state index contributed by atoms with van der Waals surface area (Å²) in [7, 11) is 0. The summed E-state index contributed by atoms with van der Waals surface area (Å²) in [6, 6.07) is 13.6. The molecule has 6 nitrogen and oxygen atoms in total. The number of carbonyl (C=O) groups excluding carboxylic acids is 1. The smallest absolute Gasteiger partial charge is 0.411 e. The fourth-order valence-electron chi connectivity index (χ4n) is 3.43. The molecule has 3 aromatic rings. The number of ether oxygens (including phenoxy) is 2. The van der Waals surface area contributed by atoms with Gasteiger partial charge in [-0.05, 0) is 51.5 Å². The number of fused-ring (bicyclic) bond motifs is 1. The Labute approximate surface area is 171 Å². The van der Waals surface area contributed by atoms with Crippen molar-refractivity contribution in [2.24, 2.45) is 0 Å². The highest BCUT2D eigenvalue weighted by atomic mass is 16.5. The van der Waals surface area contributed by atoms with Crippen LogP contribution in [-0.2, 0) is 11.3 Å². The molecule has 0 aliphatic heterocycles. The van der Waals surface area contributed by atoms with Crippen LogP contribution in [0, 0.1) is 0 Å². The molecule has 1 heterocycles. The number of nitrogen functional groups attached to an aromatic ring is 1. The normalized spacial score (nSPS) is 11.1. The summed E-state index contributed by atoms with van der Waals surface area (Å²) in [6.45, 7) is 9.20. The second-order valence-electron chi connectivity index (χ2n) is 7.19. The molecule has 29 heavy (non-hydrogen) atoms. The second-order valence-corrected chi connectivity index (χ2v) is 7.19. The second kappa shape index (κ2) is 8.90.